The summed E-state index contributed by atoms with van der Waals surface area (Å²) in [5.74, 6) is -1.56. The van der Waals surface area contributed by atoms with E-state index in [2.05, 4.69) is 10.4 Å². The molecule has 2 heterocycles. The summed E-state index contributed by atoms with van der Waals surface area (Å²) >= 11 is 1.30. The summed E-state index contributed by atoms with van der Waals surface area (Å²) in [6.07, 6.45) is 0. The van der Waals surface area contributed by atoms with Gasteiger partial charge in [0.25, 0.3) is 5.91 Å². The topological polar surface area (TPSA) is 93.5 Å². The second-order valence-electron chi connectivity index (χ2n) is 5.88. The second kappa shape index (κ2) is 7.67. The van der Waals surface area contributed by atoms with Crippen LogP contribution in [0, 0.1) is 6.92 Å². The van der Waals surface area contributed by atoms with Crippen LogP contribution in [0.4, 0.5) is 0 Å². The Morgan fingerprint density at radius 1 is 1.35 bits per heavy atom. The molecular formula is C18H19N3O4S. The highest BCUT2D eigenvalue weighted by molar-refractivity contribution is 7.20. The van der Waals surface area contributed by atoms with Crippen molar-refractivity contribution in [1.29, 1.82) is 0 Å². The number of rotatable bonds is 7. The summed E-state index contributed by atoms with van der Waals surface area (Å²) in [5.41, 5.74) is 1.94. The van der Waals surface area contributed by atoms with Gasteiger partial charge in [0.1, 0.15) is 4.83 Å². The number of nitrogens with zero attached hydrogens (tertiary/aromatic N) is 2. The number of fused-ring (bicyclic) bond motifs is 1. The number of aliphatic carboxylic acids is 1. The van der Waals surface area contributed by atoms with E-state index in [4.69, 9.17) is 9.84 Å². The van der Waals surface area contributed by atoms with Crippen LogP contribution in [0.1, 0.15) is 20.9 Å². The summed E-state index contributed by atoms with van der Waals surface area (Å²) in [7, 11) is 1.39. The highest BCUT2D eigenvalue weighted by Crippen LogP contribution is 2.29. The zero-order valence-electron chi connectivity index (χ0n) is 14.4. The molecule has 0 radical (unpaired) electrons. The predicted octanol–water partition coefficient (Wildman–Crippen LogP) is 2.28. The smallest absolute Gasteiger partial charge is 0.328 e. The maximum absolute atomic E-state index is 12.4. The predicted molar refractivity (Wildman–Crippen MR) is 98.7 cm³/mol. The molecule has 3 aromatic rings. The molecule has 0 aliphatic rings. The second-order valence-corrected chi connectivity index (χ2v) is 6.91. The number of carboxylic acids is 1. The van der Waals surface area contributed by atoms with Crippen molar-refractivity contribution < 1.29 is 19.4 Å². The summed E-state index contributed by atoms with van der Waals surface area (Å²) in [5, 5.41) is 17.1. The molecule has 0 spiro atoms. The van der Waals surface area contributed by atoms with E-state index >= 15 is 0 Å². The first-order chi connectivity index (χ1) is 12.5. The molecule has 3 rings (SSSR count). The number of nitrogens with one attached hydrogen (secondary N) is 1. The molecule has 0 aliphatic heterocycles. The molecule has 2 aromatic heterocycles. The maximum atomic E-state index is 12.4. The van der Waals surface area contributed by atoms with Crippen LogP contribution in [0.2, 0.25) is 0 Å². The van der Waals surface area contributed by atoms with Crippen LogP contribution in [-0.4, -0.2) is 46.5 Å². The van der Waals surface area contributed by atoms with Crippen LogP contribution in [-0.2, 0) is 16.1 Å². The molecule has 1 aromatic carbocycles. The van der Waals surface area contributed by atoms with Gasteiger partial charge in [-0.15, -0.1) is 11.3 Å². The van der Waals surface area contributed by atoms with Crippen LogP contribution < -0.4 is 5.32 Å². The van der Waals surface area contributed by atoms with E-state index in [9.17, 15) is 9.59 Å². The molecule has 0 fully saturated rings. The van der Waals surface area contributed by atoms with E-state index in [1.807, 2.05) is 41.9 Å². The minimum Gasteiger partial charge on any atom is -0.480 e. The van der Waals surface area contributed by atoms with Gasteiger partial charge in [0.05, 0.1) is 23.7 Å². The first kappa shape index (κ1) is 18.1. The van der Waals surface area contributed by atoms with Crippen LogP contribution >= 0.6 is 11.3 Å². The van der Waals surface area contributed by atoms with Crippen LogP contribution in [0.15, 0.2) is 36.4 Å². The lowest BCUT2D eigenvalue weighted by molar-refractivity contribution is -0.140. The van der Waals surface area contributed by atoms with Crippen molar-refractivity contribution >= 4 is 33.4 Å². The number of thiophene rings is 1. The fourth-order valence-corrected chi connectivity index (χ4v) is 3.72. The monoisotopic (exact) mass is 373 g/mol. The molecular weight excluding hydrogens is 354 g/mol. The maximum Gasteiger partial charge on any atom is 0.328 e. The molecule has 2 N–H and O–H groups in total. The zero-order chi connectivity index (χ0) is 18.7. The summed E-state index contributed by atoms with van der Waals surface area (Å²) in [4.78, 5) is 25.0. The number of amides is 1. The molecule has 0 aliphatic carbocycles. The molecule has 0 saturated carbocycles. The molecule has 1 amide bonds. The fourth-order valence-electron chi connectivity index (χ4n) is 2.66. The van der Waals surface area contributed by atoms with E-state index in [0.717, 1.165) is 21.5 Å². The zero-order valence-corrected chi connectivity index (χ0v) is 15.2. The molecule has 8 heteroatoms. The van der Waals surface area contributed by atoms with Crippen molar-refractivity contribution in [2.45, 2.75) is 19.5 Å². The van der Waals surface area contributed by atoms with Crippen molar-refractivity contribution in [3.05, 3.63) is 52.5 Å². The molecule has 7 nitrogen and oxygen atoms in total. The Morgan fingerprint density at radius 2 is 2.08 bits per heavy atom. The van der Waals surface area contributed by atoms with Crippen LogP contribution in [0.25, 0.3) is 10.2 Å². The van der Waals surface area contributed by atoms with Gasteiger partial charge in [0.2, 0.25) is 0 Å². The van der Waals surface area contributed by atoms with Crippen molar-refractivity contribution in [2.75, 3.05) is 13.7 Å². The number of ether oxygens (including phenoxy) is 1. The van der Waals surface area contributed by atoms with Crippen molar-refractivity contribution in [1.82, 2.24) is 15.1 Å². The van der Waals surface area contributed by atoms with Gasteiger partial charge < -0.3 is 15.2 Å². The van der Waals surface area contributed by atoms with E-state index in [-0.39, 0.29) is 6.61 Å². The molecule has 136 valence electrons. The number of hydrogen-bond acceptors (Lipinski definition) is 5. The van der Waals surface area contributed by atoms with Gasteiger partial charge in [-0.1, -0.05) is 30.3 Å². The lowest BCUT2D eigenvalue weighted by Gasteiger charge is -2.12. The minimum absolute atomic E-state index is 0.0905. The van der Waals surface area contributed by atoms with Gasteiger partial charge >= 0.3 is 5.97 Å². The van der Waals surface area contributed by atoms with E-state index < -0.39 is 17.9 Å². The van der Waals surface area contributed by atoms with Gasteiger partial charge in [-0.05, 0) is 18.6 Å². The Kier molecular flexibility index (Phi) is 5.34. The number of methoxy groups -OCH3 is 1. The first-order valence-corrected chi connectivity index (χ1v) is 8.84. The van der Waals surface area contributed by atoms with Crippen LogP contribution in [0.3, 0.4) is 0 Å². The minimum atomic E-state index is -1.13. The van der Waals surface area contributed by atoms with E-state index in [0.29, 0.717) is 11.4 Å². The third-order valence-corrected chi connectivity index (χ3v) is 5.09. The van der Waals surface area contributed by atoms with Gasteiger partial charge in [-0.2, -0.15) is 5.10 Å². The Morgan fingerprint density at radius 3 is 2.73 bits per heavy atom. The van der Waals surface area contributed by atoms with Crippen LogP contribution in [0.5, 0.6) is 0 Å². The van der Waals surface area contributed by atoms with Gasteiger partial charge in [-0.3, -0.25) is 9.48 Å². The average Bonchev–Trinajstić information content (AvgIpc) is 3.17. The fraction of sp³-hybridized carbons (Fsp3) is 0.278. The quantitative estimate of drug-likeness (QED) is 0.663. The Hall–Kier alpha value is -2.71. The Bertz CT molecular complexity index is 933. The van der Waals surface area contributed by atoms with Gasteiger partial charge in [0.15, 0.2) is 6.04 Å². The summed E-state index contributed by atoms with van der Waals surface area (Å²) in [6.45, 7) is 2.41. The molecule has 1 unspecified atom stereocenters. The number of aromatic nitrogens is 2. The molecule has 0 bridgehead atoms. The summed E-state index contributed by atoms with van der Waals surface area (Å²) < 4.78 is 6.71. The Balaban J connectivity index is 1.86. The number of benzene rings is 1. The number of carboxylic acid groups (broad SMARTS) is 1. The number of hydrogen-bond donors (Lipinski definition) is 2. The van der Waals surface area contributed by atoms with E-state index in [1.54, 1.807) is 6.07 Å². The van der Waals surface area contributed by atoms with Crippen molar-refractivity contribution in [3.8, 4) is 0 Å². The number of carbonyl (C=O) groups is 2. The molecule has 0 saturated heterocycles. The standard InChI is InChI=1S/C18H19N3O4S/c1-11-13-8-15(16(22)19-14(10-25-2)18(23)24)26-17(13)21(20-11)9-12-6-4-3-5-7-12/h3-8,14H,9-10H2,1-2H3,(H,19,22)(H,23,24). The third-order valence-electron chi connectivity index (χ3n) is 3.94. The average molecular weight is 373 g/mol. The largest absolute Gasteiger partial charge is 0.480 e. The Labute approximate surface area is 154 Å². The highest BCUT2D eigenvalue weighted by Gasteiger charge is 2.23. The lowest BCUT2D eigenvalue weighted by Crippen LogP contribution is -2.43. The SMILES string of the molecule is COCC(NC(=O)c1cc2c(C)nn(Cc3ccccc3)c2s1)C(=O)O. The lowest BCUT2D eigenvalue weighted by atomic mass is 10.2. The van der Waals surface area contributed by atoms with E-state index in [1.165, 1.54) is 18.4 Å². The molecule has 26 heavy (non-hydrogen) atoms. The van der Waals surface area contributed by atoms with Crippen molar-refractivity contribution in [3.63, 3.8) is 0 Å². The highest BCUT2D eigenvalue weighted by atomic mass is 32.1. The third kappa shape index (κ3) is 3.76. The van der Waals surface area contributed by atoms with Crippen molar-refractivity contribution in [2.24, 2.45) is 0 Å². The summed E-state index contributed by atoms with van der Waals surface area (Å²) in [6, 6.07) is 10.6. The number of aryl methyl sites for hydroxylation is 1. The first-order valence-electron chi connectivity index (χ1n) is 8.03. The number of carbonyl (C=O) groups excluding carboxylic acids is 1. The van der Waals surface area contributed by atoms with Gasteiger partial charge in [0, 0.05) is 12.5 Å². The van der Waals surface area contributed by atoms with Gasteiger partial charge in [-0.25, -0.2) is 4.79 Å². The molecule has 1 atom stereocenters. The normalized spacial score (nSPS) is 12.2.